The Bertz CT molecular complexity index is 1170. The predicted molar refractivity (Wildman–Crippen MR) is 140 cm³/mol. The maximum Gasteiger partial charge on any atom is 0.328 e. The maximum atomic E-state index is 13.4. The Morgan fingerprint density at radius 2 is 1.70 bits per heavy atom. The number of hydrogen-bond acceptors (Lipinski definition) is 7. The van der Waals surface area contributed by atoms with Crippen LogP contribution in [0.4, 0.5) is 0 Å². The van der Waals surface area contributed by atoms with Crippen molar-refractivity contribution in [1.82, 2.24) is 15.1 Å². The lowest BCUT2D eigenvalue weighted by Gasteiger charge is -2.24. The Morgan fingerprint density at radius 3 is 2.27 bits per heavy atom. The lowest BCUT2D eigenvalue weighted by molar-refractivity contribution is -0.159. The van der Waals surface area contributed by atoms with Crippen LogP contribution < -0.4 is 10.9 Å². The van der Waals surface area contributed by atoms with Gasteiger partial charge in [-0.25, -0.2) is 9.48 Å². The van der Waals surface area contributed by atoms with Crippen LogP contribution >= 0.6 is 0 Å². The summed E-state index contributed by atoms with van der Waals surface area (Å²) in [6.45, 7) is 13.4. The fourth-order valence-electron chi connectivity index (χ4n) is 4.10. The van der Waals surface area contributed by atoms with Crippen LogP contribution in [0, 0.1) is 0 Å². The Morgan fingerprint density at radius 1 is 1.05 bits per heavy atom. The number of carbonyl (C=O) groups excluding carboxylic acids is 3. The van der Waals surface area contributed by atoms with Gasteiger partial charge in [0.05, 0.1) is 26.0 Å². The third kappa shape index (κ3) is 8.27. The molecule has 1 unspecified atom stereocenters. The minimum absolute atomic E-state index is 0.124. The number of hydrogen-bond donors (Lipinski definition) is 1. The van der Waals surface area contributed by atoms with Gasteiger partial charge in [-0.2, -0.15) is 5.10 Å². The molecule has 0 aliphatic heterocycles. The van der Waals surface area contributed by atoms with Crippen molar-refractivity contribution < 1.29 is 23.9 Å². The minimum atomic E-state index is -1.25. The van der Waals surface area contributed by atoms with Crippen molar-refractivity contribution in [3.63, 3.8) is 0 Å². The van der Waals surface area contributed by atoms with Crippen LogP contribution in [0.25, 0.3) is 0 Å². The van der Waals surface area contributed by atoms with Crippen LogP contribution in [0.5, 0.6) is 0 Å². The molecule has 0 fully saturated rings. The minimum Gasteiger partial charge on any atom is -0.467 e. The van der Waals surface area contributed by atoms with Crippen LogP contribution in [0.1, 0.15) is 83.9 Å². The van der Waals surface area contributed by atoms with Gasteiger partial charge in [0.1, 0.15) is 11.6 Å². The highest BCUT2D eigenvalue weighted by Crippen LogP contribution is 2.26. The number of nitrogens with zero attached hydrogens (tertiary/aromatic N) is 2. The summed E-state index contributed by atoms with van der Waals surface area (Å²) in [4.78, 5) is 51.3. The number of ether oxygens (including phenoxy) is 2. The van der Waals surface area contributed by atoms with Crippen molar-refractivity contribution in [3.8, 4) is 0 Å². The third-order valence-electron chi connectivity index (χ3n) is 5.78. The molecule has 1 aromatic heterocycles. The molecule has 2 aromatic rings. The van der Waals surface area contributed by atoms with E-state index >= 15 is 0 Å². The summed E-state index contributed by atoms with van der Waals surface area (Å²) in [6.07, 6.45) is 1.39. The van der Waals surface area contributed by atoms with Gasteiger partial charge in [-0.05, 0) is 49.8 Å². The quantitative estimate of drug-likeness (QED) is 0.510. The van der Waals surface area contributed by atoms with Gasteiger partial charge in [0, 0.05) is 11.8 Å². The van der Waals surface area contributed by atoms with E-state index < -0.39 is 47.4 Å². The summed E-state index contributed by atoms with van der Waals surface area (Å²) in [7, 11) is 1.17. The van der Waals surface area contributed by atoms with Gasteiger partial charge in [0.2, 0.25) is 5.91 Å². The molecule has 1 aromatic carbocycles. The van der Waals surface area contributed by atoms with Crippen molar-refractivity contribution >= 4 is 17.8 Å². The number of carbonyl (C=O) groups is 3. The third-order valence-corrected chi connectivity index (χ3v) is 5.78. The zero-order chi connectivity index (χ0) is 28.0. The molecule has 9 heteroatoms. The highest BCUT2D eigenvalue weighted by molar-refractivity contribution is 5.90. The lowest BCUT2D eigenvalue weighted by atomic mass is 9.84. The van der Waals surface area contributed by atoms with E-state index in [-0.39, 0.29) is 17.5 Å². The van der Waals surface area contributed by atoms with E-state index in [0.717, 1.165) is 11.1 Å². The molecular weight excluding hydrogens is 474 g/mol. The second-order valence-corrected chi connectivity index (χ2v) is 11.0. The van der Waals surface area contributed by atoms with E-state index in [1.54, 1.807) is 27.7 Å². The molecule has 0 saturated heterocycles. The Kier molecular flexibility index (Phi) is 9.78. The Labute approximate surface area is 218 Å². The fourth-order valence-corrected chi connectivity index (χ4v) is 4.10. The summed E-state index contributed by atoms with van der Waals surface area (Å²) in [6, 6.07) is 8.14. The van der Waals surface area contributed by atoms with Crippen molar-refractivity contribution in [3.05, 3.63) is 63.6 Å². The molecule has 2 atom stereocenters. The molecule has 0 spiro atoms. The molecule has 0 saturated carbocycles. The van der Waals surface area contributed by atoms with Crippen molar-refractivity contribution in [2.24, 2.45) is 0 Å². The molecule has 0 aliphatic carbocycles. The standard InChI is InChI=1S/C28H39N3O6/c1-9-19(24(33)30-22(26(35)36-8)16-23(32)37-28(5,6)7)20-14-15-29-31(25(20)34)17-18-12-10-11-13-21(18)27(2,3)4/h10-15,19,22H,9,16-17H2,1-8H3,(H,30,33)/t19?,22-/m0/s1. The average molecular weight is 514 g/mol. The number of methoxy groups -OCH3 is 1. The average Bonchev–Trinajstić information content (AvgIpc) is 2.79. The summed E-state index contributed by atoms with van der Waals surface area (Å²) < 4.78 is 11.4. The summed E-state index contributed by atoms with van der Waals surface area (Å²) in [5.41, 5.74) is 1.05. The first-order valence-corrected chi connectivity index (χ1v) is 12.4. The second-order valence-electron chi connectivity index (χ2n) is 11.0. The van der Waals surface area contributed by atoms with Crippen LogP contribution in [0.2, 0.25) is 0 Å². The van der Waals surface area contributed by atoms with Crippen LogP contribution in [-0.4, -0.2) is 46.4 Å². The van der Waals surface area contributed by atoms with Gasteiger partial charge in [0.25, 0.3) is 5.56 Å². The van der Waals surface area contributed by atoms with Crippen LogP contribution in [0.15, 0.2) is 41.3 Å². The summed E-state index contributed by atoms with van der Waals surface area (Å²) >= 11 is 0. The first-order valence-electron chi connectivity index (χ1n) is 12.4. The van der Waals surface area contributed by atoms with E-state index in [0.29, 0.717) is 6.42 Å². The number of benzene rings is 1. The molecule has 0 radical (unpaired) electrons. The molecule has 0 aliphatic rings. The van der Waals surface area contributed by atoms with Gasteiger partial charge in [-0.3, -0.25) is 14.4 Å². The van der Waals surface area contributed by atoms with E-state index in [4.69, 9.17) is 9.47 Å². The van der Waals surface area contributed by atoms with Crippen molar-refractivity contribution in [2.75, 3.05) is 7.11 Å². The van der Waals surface area contributed by atoms with Gasteiger partial charge < -0.3 is 14.8 Å². The number of aromatic nitrogens is 2. The second kappa shape index (κ2) is 12.2. The number of nitrogens with one attached hydrogen (secondary N) is 1. The molecule has 1 N–H and O–H groups in total. The molecule has 0 bridgehead atoms. The highest BCUT2D eigenvalue weighted by Gasteiger charge is 2.31. The van der Waals surface area contributed by atoms with Crippen molar-refractivity contribution in [1.29, 1.82) is 0 Å². The Balaban J connectivity index is 2.32. The largest absolute Gasteiger partial charge is 0.467 e. The maximum absolute atomic E-state index is 13.4. The summed E-state index contributed by atoms with van der Waals surface area (Å²) in [5, 5.41) is 6.82. The van der Waals surface area contributed by atoms with Crippen molar-refractivity contribution in [2.45, 2.75) is 90.8 Å². The number of esters is 2. The normalized spacial score (nSPS) is 13.4. The zero-order valence-electron chi connectivity index (χ0n) is 23.1. The molecule has 2 rings (SSSR count). The smallest absolute Gasteiger partial charge is 0.328 e. The van der Waals surface area contributed by atoms with E-state index in [1.807, 2.05) is 24.3 Å². The first-order chi connectivity index (χ1) is 17.2. The summed E-state index contributed by atoms with van der Waals surface area (Å²) in [5.74, 6) is -2.85. The molecule has 1 heterocycles. The molecule has 37 heavy (non-hydrogen) atoms. The zero-order valence-corrected chi connectivity index (χ0v) is 23.1. The van der Waals surface area contributed by atoms with Crippen LogP contribution in [0.3, 0.4) is 0 Å². The molecular formula is C28H39N3O6. The van der Waals surface area contributed by atoms with E-state index in [1.165, 1.54) is 24.1 Å². The topological polar surface area (TPSA) is 117 Å². The molecule has 1 amide bonds. The first kappa shape index (κ1) is 29.7. The van der Waals surface area contributed by atoms with Crippen LogP contribution in [-0.2, 0) is 35.8 Å². The van der Waals surface area contributed by atoms with E-state index in [9.17, 15) is 19.2 Å². The monoisotopic (exact) mass is 513 g/mol. The predicted octanol–water partition coefficient (Wildman–Crippen LogP) is 3.47. The SMILES string of the molecule is CCC(C(=O)N[C@@H](CC(=O)OC(C)(C)C)C(=O)OC)c1ccnn(Cc2ccccc2C(C)(C)C)c1=O. The van der Waals surface area contributed by atoms with Gasteiger partial charge in [-0.15, -0.1) is 0 Å². The Hall–Kier alpha value is -3.49. The molecule has 9 nitrogen and oxygen atoms in total. The van der Waals surface area contributed by atoms with Gasteiger partial charge >= 0.3 is 11.9 Å². The number of rotatable bonds is 9. The number of amides is 1. The van der Waals surface area contributed by atoms with E-state index in [2.05, 4.69) is 31.2 Å². The fraction of sp³-hybridized carbons (Fsp3) is 0.536. The van der Waals surface area contributed by atoms with Gasteiger partial charge in [-0.1, -0.05) is 52.0 Å². The highest BCUT2D eigenvalue weighted by atomic mass is 16.6. The van der Waals surface area contributed by atoms with Gasteiger partial charge in [0.15, 0.2) is 0 Å². The lowest BCUT2D eigenvalue weighted by Crippen LogP contribution is -2.46. The molecule has 202 valence electrons.